The molecule has 0 atom stereocenters. The molecule has 0 aliphatic heterocycles. The third kappa shape index (κ3) is 5.96. The van der Waals surface area contributed by atoms with Crippen LogP contribution in [0.15, 0.2) is 59.7 Å². The van der Waals surface area contributed by atoms with Gasteiger partial charge in [0.15, 0.2) is 0 Å². The monoisotopic (exact) mass is 327 g/mol. The van der Waals surface area contributed by atoms with Crippen molar-refractivity contribution >= 4 is 35.5 Å². The Morgan fingerprint density at radius 1 is 1.22 bits per heavy atom. The van der Waals surface area contributed by atoms with E-state index >= 15 is 0 Å². The lowest BCUT2D eigenvalue weighted by Crippen LogP contribution is -2.25. The first-order chi connectivity index (χ1) is 11.1. The number of carbonyl (C=O) groups excluding carboxylic acids is 1. The smallest absolute Gasteiger partial charge is 0.259 e. The fourth-order valence-corrected chi connectivity index (χ4v) is 2.14. The molecule has 4 nitrogen and oxygen atoms in total. The Morgan fingerprint density at radius 3 is 2.74 bits per heavy atom. The summed E-state index contributed by atoms with van der Waals surface area (Å²) in [7, 11) is 0. The van der Waals surface area contributed by atoms with Gasteiger partial charge in [-0.15, -0.1) is 0 Å². The molecule has 5 heteroatoms. The van der Waals surface area contributed by atoms with E-state index in [1.54, 1.807) is 18.4 Å². The minimum atomic E-state index is -0.219. The van der Waals surface area contributed by atoms with Crippen LogP contribution in [0.1, 0.15) is 11.1 Å². The van der Waals surface area contributed by atoms with Crippen LogP contribution >= 0.6 is 11.6 Å². The molecule has 0 spiro atoms. The summed E-state index contributed by atoms with van der Waals surface area (Å²) in [5.74, 6) is -0.219. The Balaban J connectivity index is 1.74. The van der Waals surface area contributed by atoms with Crippen LogP contribution in [0.5, 0.6) is 0 Å². The predicted octanol–water partition coefficient (Wildman–Crippen LogP) is 3.88. The SMILES string of the molecule is Cc1cc(Cl)ccc1NCC(=O)N/N=C/C=C/c1ccccc1. The first kappa shape index (κ1) is 16.8. The van der Waals surface area contributed by atoms with Gasteiger partial charge >= 0.3 is 0 Å². The molecule has 0 aliphatic carbocycles. The van der Waals surface area contributed by atoms with Crippen molar-refractivity contribution in [1.29, 1.82) is 0 Å². The van der Waals surface area contributed by atoms with E-state index in [1.165, 1.54) is 0 Å². The molecule has 0 saturated heterocycles. The number of nitrogens with zero attached hydrogens (tertiary/aromatic N) is 1. The average Bonchev–Trinajstić information content (AvgIpc) is 2.54. The quantitative estimate of drug-likeness (QED) is 0.625. The molecule has 0 fully saturated rings. The molecule has 2 rings (SSSR count). The molecular weight excluding hydrogens is 310 g/mol. The zero-order chi connectivity index (χ0) is 16.5. The maximum Gasteiger partial charge on any atom is 0.259 e. The second-order valence-electron chi connectivity index (χ2n) is 4.90. The van der Waals surface area contributed by atoms with E-state index < -0.39 is 0 Å². The van der Waals surface area contributed by atoms with E-state index in [9.17, 15) is 4.79 Å². The molecule has 2 N–H and O–H groups in total. The Labute approximate surface area is 140 Å². The number of amides is 1. The molecular formula is C18H18ClN3O. The summed E-state index contributed by atoms with van der Waals surface area (Å²) in [4.78, 5) is 11.7. The first-order valence-corrected chi connectivity index (χ1v) is 7.56. The number of allylic oxidation sites excluding steroid dienone is 1. The molecule has 2 aromatic rings. The summed E-state index contributed by atoms with van der Waals surface area (Å²) in [5, 5.41) is 7.58. The van der Waals surface area contributed by atoms with Crippen LogP contribution in [-0.2, 0) is 4.79 Å². The molecule has 23 heavy (non-hydrogen) atoms. The third-order valence-corrected chi connectivity index (χ3v) is 3.30. The van der Waals surface area contributed by atoms with Crippen LogP contribution in [0.25, 0.3) is 6.08 Å². The molecule has 118 valence electrons. The highest BCUT2D eigenvalue weighted by atomic mass is 35.5. The first-order valence-electron chi connectivity index (χ1n) is 7.19. The van der Waals surface area contributed by atoms with Crippen LogP contribution in [0, 0.1) is 6.92 Å². The number of hydrogen-bond donors (Lipinski definition) is 2. The van der Waals surface area contributed by atoms with Gasteiger partial charge < -0.3 is 5.32 Å². The largest absolute Gasteiger partial charge is 0.376 e. The molecule has 0 unspecified atom stereocenters. The van der Waals surface area contributed by atoms with E-state index in [0.717, 1.165) is 16.8 Å². The van der Waals surface area contributed by atoms with E-state index in [1.807, 2.05) is 55.5 Å². The van der Waals surface area contributed by atoms with Crippen LogP contribution in [0.2, 0.25) is 5.02 Å². The van der Waals surface area contributed by atoms with Gasteiger partial charge in [0.1, 0.15) is 0 Å². The number of anilines is 1. The topological polar surface area (TPSA) is 53.5 Å². The highest BCUT2D eigenvalue weighted by Crippen LogP contribution is 2.19. The summed E-state index contributed by atoms with van der Waals surface area (Å²) in [6, 6.07) is 15.3. The van der Waals surface area contributed by atoms with Crippen LogP contribution < -0.4 is 10.7 Å². The molecule has 0 aliphatic rings. The molecule has 2 aromatic carbocycles. The fourth-order valence-electron chi connectivity index (χ4n) is 1.91. The summed E-state index contributed by atoms with van der Waals surface area (Å²) in [5.41, 5.74) is 5.39. The zero-order valence-electron chi connectivity index (χ0n) is 12.8. The number of rotatable bonds is 6. The van der Waals surface area contributed by atoms with Gasteiger partial charge in [-0.2, -0.15) is 5.10 Å². The van der Waals surface area contributed by atoms with E-state index in [-0.39, 0.29) is 12.5 Å². The van der Waals surface area contributed by atoms with Crippen molar-refractivity contribution in [3.05, 3.63) is 70.8 Å². The van der Waals surface area contributed by atoms with Crippen molar-refractivity contribution in [3.63, 3.8) is 0 Å². The molecule has 0 heterocycles. The maximum atomic E-state index is 11.7. The number of aryl methyl sites for hydroxylation is 1. The Kier molecular flexibility index (Phi) is 6.39. The van der Waals surface area contributed by atoms with Crippen molar-refractivity contribution in [1.82, 2.24) is 5.43 Å². The predicted molar refractivity (Wildman–Crippen MR) is 96.8 cm³/mol. The number of halogens is 1. The van der Waals surface area contributed by atoms with Crippen molar-refractivity contribution < 1.29 is 4.79 Å². The highest BCUT2D eigenvalue weighted by Gasteiger charge is 2.02. The molecule has 0 aromatic heterocycles. The summed E-state index contributed by atoms with van der Waals surface area (Å²) in [6.45, 7) is 2.07. The van der Waals surface area contributed by atoms with Gasteiger partial charge in [0.05, 0.1) is 6.54 Å². The normalized spacial score (nSPS) is 11.0. The van der Waals surface area contributed by atoms with E-state index in [2.05, 4.69) is 15.8 Å². The number of benzene rings is 2. The van der Waals surface area contributed by atoms with Crippen molar-refractivity contribution in [2.45, 2.75) is 6.92 Å². The Bertz CT molecular complexity index is 711. The average molecular weight is 328 g/mol. The minimum absolute atomic E-state index is 0.141. The lowest BCUT2D eigenvalue weighted by molar-refractivity contribution is -0.119. The Morgan fingerprint density at radius 2 is 2.00 bits per heavy atom. The molecule has 0 saturated carbocycles. The standard InChI is InChI=1S/C18H18ClN3O/c1-14-12-16(19)9-10-17(14)20-13-18(23)22-21-11-5-8-15-6-3-2-4-7-15/h2-12,20H,13H2,1H3,(H,22,23)/b8-5+,21-11+. The minimum Gasteiger partial charge on any atom is -0.376 e. The van der Waals surface area contributed by atoms with Crippen molar-refractivity contribution in [2.24, 2.45) is 5.10 Å². The third-order valence-electron chi connectivity index (χ3n) is 3.07. The van der Waals surface area contributed by atoms with Gasteiger partial charge in [-0.25, -0.2) is 5.43 Å². The van der Waals surface area contributed by atoms with Crippen molar-refractivity contribution in [2.75, 3.05) is 11.9 Å². The van der Waals surface area contributed by atoms with Gasteiger partial charge in [-0.1, -0.05) is 48.0 Å². The Hall–Kier alpha value is -2.59. The number of nitrogens with one attached hydrogen (secondary N) is 2. The summed E-state index contributed by atoms with van der Waals surface area (Å²) in [6.07, 6.45) is 5.22. The maximum absolute atomic E-state index is 11.7. The van der Waals surface area contributed by atoms with Gasteiger partial charge in [-0.05, 0) is 42.3 Å². The van der Waals surface area contributed by atoms with Crippen LogP contribution in [0.3, 0.4) is 0 Å². The van der Waals surface area contributed by atoms with Gasteiger partial charge in [0.25, 0.3) is 5.91 Å². The van der Waals surface area contributed by atoms with Crippen LogP contribution in [-0.4, -0.2) is 18.7 Å². The lowest BCUT2D eigenvalue weighted by atomic mass is 10.2. The zero-order valence-corrected chi connectivity index (χ0v) is 13.5. The number of hydrogen-bond acceptors (Lipinski definition) is 3. The highest BCUT2D eigenvalue weighted by molar-refractivity contribution is 6.30. The second kappa shape index (κ2) is 8.76. The molecule has 1 amide bonds. The summed E-state index contributed by atoms with van der Waals surface area (Å²) < 4.78 is 0. The van der Waals surface area contributed by atoms with E-state index in [4.69, 9.17) is 11.6 Å². The second-order valence-corrected chi connectivity index (χ2v) is 5.33. The number of carbonyl (C=O) groups is 1. The van der Waals surface area contributed by atoms with Gasteiger partial charge in [0.2, 0.25) is 0 Å². The fraction of sp³-hybridized carbons (Fsp3) is 0.111. The van der Waals surface area contributed by atoms with Crippen LogP contribution in [0.4, 0.5) is 5.69 Å². The van der Waals surface area contributed by atoms with Gasteiger partial charge in [-0.3, -0.25) is 4.79 Å². The summed E-state index contributed by atoms with van der Waals surface area (Å²) >= 11 is 5.89. The van der Waals surface area contributed by atoms with Gasteiger partial charge in [0, 0.05) is 16.9 Å². The number of hydrazone groups is 1. The van der Waals surface area contributed by atoms with Crippen molar-refractivity contribution in [3.8, 4) is 0 Å². The molecule has 0 radical (unpaired) electrons. The molecule has 0 bridgehead atoms. The van der Waals surface area contributed by atoms with E-state index in [0.29, 0.717) is 5.02 Å². The lowest BCUT2D eigenvalue weighted by Gasteiger charge is -2.08.